The SMILES string of the molecule is CCn1c(SCc2cccc(C)c2)nnc1C(C)Oc1cc(C)c(Cl)c(C)c1. The molecule has 1 atom stereocenters. The van der Waals surface area contributed by atoms with E-state index in [2.05, 4.69) is 52.9 Å². The Hall–Kier alpha value is -1.98. The van der Waals surface area contributed by atoms with E-state index >= 15 is 0 Å². The van der Waals surface area contributed by atoms with Gasteiger partial charge in [0, 0.05) is 17.3 Å². The number of nitrogens with zero attached hydrogens (tertiary/aromatic N) is 3. The van der Waals surface area contributed by atoms with Gasteiger partial charge >= 0.3 is 0 Å². The van der Waals surface area contributed by atoms with Crippen LogP contribution in [0.25, 0.3) is 0 Å². The summed E-state index contributed by atoms with van der Waals surface area (Å²) >= 11 is 7.97. The number of ether oxygens (including phenoxy) is 1. The molecule has 0 bridgehead atoms. The Balaban J connectivity index is 1.75. The van der Waals surface area contributed by atoms with Gasteiger partial charge < -0.3 is 9.30 Å². The van der Waals surface area contributed by atoms with Gasteiger partial charge in [-0.3, -0.25) is 0 Å². The summed E-state index contributed by atoms with van der Waals surface area (Å²) in [6.07, 6.45) is -0.208. The predicted molar refractivity (Wildman–Crippen MR) is 116 cm³/mol. The first-order valence-electron chi connectivity index (χ1n) is 9.44. The average molecular weight is 416 g/mol. The third-order valence-corrected chi connectivity index (χ3v) is 6.23. The first kappa shape index (κ1) is 20.7. The van der Waals surface area contributed by atoms with E-state index < -0.39 is 0 Å². The molecule has 0 spiro atoms. The molecule has 0 N–H and O–H groups in total. The van der Waals surface area contributed by atoms with Crippen molar-refractivity contribution in [2.45, 2.75) is 58.2 Å². The van der Waals surface area contributed by atoms with Crippen molar-refractivity contribution in [2.24, 2.45) is 0 Å². The highest BCUT2D eigenvalue weighted by Gasteiger charge is 2.19. The molecule has 148 valence electrons. The Morgan fingerprint density at radius 1 is 1.11 bits per heavy atom. The second-order valence-electron chi connectivity index (χ2n) is 6.99. The average Bonchev–Trinajstić information content (AvgIpc) is 3.07. The summed E-state index contributed by atoms with van der Waals surface area (Å²) < 4.78 is 8.29. The van der Waals surface area contributed by atoms with E-state index in [0.717, 1.165) is 45.2 Å². The van der Waals surface area contributed by atoms with Crippen LogP contribution >= 0.6 is 23.4 Å². The molecule has 1 aromatic heterocycles. The Morgan fingerprint density at radius 3 is 2.46 bits per heavy atom. The fraction of sp³-hybridized carbons (Fsp3) is 0.364. The smallest absolute Gasteiger partial charge is 0.191 e. The van der Waals surface area contributed by atoms with E-state index in [1.165, 1.54) is 11.1 Å². The molecule has 3 rings (SSSR count). The van der Waals surface area contributed by atoms with Crippen LogP contribution in [0.3, 0.4) is 0 Å². The van der Waals surface area contributed by atoms with E-state index in [-0.39, 0.29) is 6.10 Å². The van der Waals surface area contributed by atoms with Gasteiger partial charge in [-0.25, -0.2) is 0 Å². The molecule has 4 nitrogen and oxygen atoms in total. The van der Waals surface area contributed by atoms with Crippen LogP contribution in [0.1, 0.15) is 48.0 Å². The topological polar surface area (TPSA) is 39.9 Å². The number of hydrogen-bond acceptors (Lipinski definition) is 4. The van der Waals surface area contributed by atoms with Gasteiger partial charge in [-0.15, -0.1) is 10.2 Å². The summed E-state index contributed by atoms with van der Waals surface area (Å²) in [6, 6.07) is 12.5. The number of aromatic nitrogens is 3. The van der Waals surface area contributed by atoms with Crippen LogP contribution in [0.5, 0.6) is 5.75 Å². The normalized spacial score (nSPS) is 12.2. The molecule has 3 aromatic rings. The van der Waals surface area contributed by atoms with Crippen molar-refractivity contribution >= 4 is 23.4 Å². The Labute approximate surface area is 176 Å². The summed E-state index contributed by atoms with van der Waals surface area (Å²) in [7, 11) is 0. The van der Waals surface area contributed by atoms with Crippen LogP contribution in [0.2, 0.25) is 5.02 Å². The molecule has 0 aliphatic heterocycles. The highest BCUT2D eigenvalue weighted by Crippen LogP contribution is 2.30. The second-order valence-corrected chi connectivity index (χ2v) is 8.31. The molecule has 0 radical (unpaired) electrons. The van der Waals surface area contributed by atoms with Crippen LogP contribution in [-0.4, -0.2) is 14.8 Å². The molecule has 2 aromatic carbocycles. The van der Waals surface area contributed by atoms with E-state index in [1.54, 1.807) is 11.8 Å². The minimum atomic E-state index is -0.208. The molecule has 1 unspecified atom stereocenters. The molecule has 1 heterocycles. The molecule has 6 heteroatoms. The number of halogens is 1. The van der Waals surface area contributed by atoms with E-state index in [1.807, 2.05) is 32.9 Å². The molecular weight excluding hydrogens is 390 g/mol. The summed E-state index contributed by atoms with van der Waals surface area (Å²) in [5, 5.41) is 10.5. The fourth-order valence-corrected chi connectivity index (χ4v) is 4.25. The van der Waals surface area contributed by atoms with Gasteiger partial charge in [-0.05, 0) is 63.4 Å². The van der Waals surface area contributed by atoms with Crippen LogP contribution in [0, 0.1) is 20.8 Å². The van der Waals surface area contributed by atoms with Gasteiger partial charge in [-0.2, -0.15) is 0 Å². The summed E-state index contributed by atoms with van der Waals surface area (Å²) in [5.41, 5.74) is 4.57. The maximum absolute atomic E-state index is 6.26. The van der Waals surface area contributed by atoms with Gasteiger partial charge in [-0.1, -0.05) is 53.2 Å². The molecule has 0 aliphatic carbocycles. The van der Waals surface area contributed by atoms with Crippen molar-refractivity contribution in [3.63, 3.8) is 0 Å². The van der Waals surface area contributed by atoms with Gasteiger partial charge in [0.25, 0.3) is 0 Å². The standard InChI is InChI=1S/C22H26ClN3OS/c1-6-26-21(17(5)27-19-11-15(3)20(23)16(4)12-19)24-25-22(26)28-13-18-9-7-8-14(2)10-18/h7-12,17H,6,13H2,1-5H3. The van der Waals surface area contributed by atoms with Crippen molar-refractivity contribution in [1.82, 2.24) is 14.8 Å². The molecule has 0 saturated carbocycles. The van der Waals surface area contributed by atoms with E-state index in [0.29, 0.717) is 0 Å². The van der Waals surface area contributed by atoms with Crippen molar-refractivity contribution in [3.05, 3.63) is 69.5 Å². The van der Waals surface area contributed by atoms with Crippen molar-refractivity contribution in [1.29, 1.82) is 0 Å². The van der Waals surface area contributed by atoms with Crippen molar-refractivity contribution in [3.8, 4) is 5.75 Å². The molecule has 28 heavy (non-hydrogen) atoms. The molecule has 0 aliphatic rings. The third kappa shape index (κ3) is 4.70. The zero-order chi connectivity index (χ0) is 20.3. The highest BCUT2D eigenvalue weighted by atomic mass is 35.5. The number of thioether (sulfide) groups is 1. The molecular formula is C22H26ClN3OS. The van der Waals surface area contributed by atoms with Gasteiger partial charge in [0.05, 0.1) is 0 Å². The molecule has 0 fully saturated rings. The van der Waals surface area contributed by atoms with Crippen molar-refractivity contribution in [2.75, 3.05) is 0 Å². The molecule has 0 amide bonds. The number of rotatable bonds is 7. The zero-order valence-electron chi connectivity index (χ0n) is 17.0. The molecule has 0 saturated heterocycles. The monoisotopic (exact) mass is 415 g/mol. The third-order valence-electron chi connectivity index (χ3n) is 4.60. The predicted octanol–water partition coefficient (Wildman–Crippen LogP) is 6.31. The van der Waals surface area contributed by atoms with E-state index in [9.17, 15) is 0 Å². The van der Waals surface area contributed by atoms with Gasteiger partial charge in [0.1, 0.15) is 5.75 Å². The summed E-state index contributed by atoms with van der Waals surface area (Å²) in [5.74, 6) is 2.50. The lowest BCUT2D eigenvalue weighted by atomic mass is 10.1. The number of hydrogen-bond donors (Lipinski definition) is 0. The summed E-state index contributed by atoms with van der Waals surface area (Å²) in [6.45, 7) is 11.0. The van der Waals surface area contributed by atoms with Crippen LogP contribution in [0.15, 0.2) is 41.6 Å². The minimum Gasteiger partial charge on any atom is -0.483 e. The maximum Gasteiger partial charge on any atom is 0.191 e. The number of aryl methyl sites for hydroxylation is 3. The summed E-state index contributed by atoms with van der Waals surface area (Å²) in [4.78, 5) is 0. The zero-order valence-corrected chi connectivity index (χ0v) is 18.6. The Morgan fingerprint density at radius 2 is 1.82 bits per heavy atom. The second kappa shape index (κ2) is 9.01. The lowest BCUT2D eigenvalue weighted by molar-refractivity contribution is 0.209. The van der Waals surface area contributed by atoms with Crippen LogP contribution < -0.4 is 4.74 Å². The van der Waals surface area contributed by atoms with Crippen LogP contribution in [-0.2, 0) is 12.3 Å². The van der Waals surface area contributed by atoms with Crippen molar-refractivity contribution < 1.29 is 4.74 Å². The lowest BCUT2D eigenvalue weighted by Crippen LogP contribution is -2.12. The van der Waals surface area contributed by atoms with Crippen LogP contribution in [0.4, 0.5) is 0 Å². The fourth-order valence-electron chi connectivity index (χ4n) is 3.19. The number of benzene rings is 2. The lowest BCUT2D eigenvalue weighted by Gasteiger charge is -2.17. The Kier molecular flexibility index (Phi) is 6.68. The first-order valence-corrected chi connectivity index (χ1v) is 10.8. The minimum absolute atomic E-state index is 0.208. The highest BCUT2D eigenvalue weighted by molar-refractivity contribution is 7.98. The van der Waals surface area contributed by atoms with Gasteiger partial charge in [0.2, 0.25) is 0 Å². The maximum atomic E-state index is 6.26. The largest absolute Gasteiger partial charge is 0.483 e. The Bertz CT molecular complexity index is 947. The van der Waals surface area contributed by atoms with E-state index in [4.69, 9.17) is 16.3 Å². The quantitative estimate of drug-likeness (QED) is 0.424. The first-order chi connectivity index (χ1) is 13.4. The van der Waals surface area contributed by atoms with Gasteiger partial charge in [0.15, 0.2) is 17.1 Å².